The Hall–Kier alpha value is -0.560. The maximum Gasteiger partial charge on any atom is 0.416 e. The van der Waals surface area contributed by atoms with Crippen molar-refractivity contribution in [3.8, 4) is 0 Å². The van der Waals surface area contributed by atoms with Gasteiger partial charge in [-0.2, -0.15) is 13.2 Å². The standard InChI is InChI=1S/C9H8BrF3O2S/c1-16(14,15)5-6-2-3-7(4-8(6)10)9(11,12)13/h2-4H,5H2,1H3. The molecule has 0 heterocycles. The molecule has 0 radical (unpaired) electrons. The van der Waals surface area contributed by atoms with E-state index in [2.05, 4.69) is 15.9 Å². The van der Waals surface area contributed by atoms with Gasteiger partial charge >= 0.3 is 6.18 Å². The Morgan fingerprint density at radius 1 is 1.31 bits per heavy atom. The second-order valence-corrected chi connectivity index (χ2v) is 6.37. The third-order valence-corrected chi connectivity index (χ3v) is 3.37. The van der Waals surface area contributed by atoms with E-state index in [1.807, 2.05) is 0 Å². The molecule has 1 aromatic rings. The van der Waals surface area contributed by atoms with Crippen molar-refractivity contribution in [2.75, 3.05) is 6.26 Å². The van der Waals surface area contributed by atoms with Gasteiger partial charge in [0.05, 0.1) is 11.3 Å². The molecule has 0 bridgehead atoms. The average Bonchev–Trinajstić information content (AvgIpc) is 2.04. The highest BCUT2D eigenvalue weighted by Crippen LogP contribution is 2.32. The van der Waals surface area contributed by atoms with Gasteiger partial charge in [-0.25, -0.2) is 8.42 Å². The number of alkyl halides is 3. The highest BCUT2D eigenvalue weighted by molar-refractivity contribution is 9.10. The van der Waals surface area contributed by atoms with Crippen LogP contribution in [-0.2, 0) is 21.8 Å². The molecule has 0 unspecified atom stereocenters. The minimum Gasteiger partial charge on any atom is -0.229 e. The van der Waals surface area contributed by atoms with Crippen molar-refractivity contribution in [1.29, 1.82) is 0 Å². The van der Waals surface area contributed by atoms with Gasteiger partial charge in [-0.15, -0.1) is 0 Å². The molecule has 7 heteroatoms. The molecular weight excluding hydrogens is 309 g/mol. The minimum absolute atomic E-state index is 0.146. The lowest BCUT2D eigenvalue weighted by molar-refractivity contribution is -0.137. The van der Waals surface area contributed by atoms with Crippen LogP contribution in [0.3, 0.4) is 0 Å². The number of hydrogen-bond acceptors (Lipinski definition) is 2. The maximum absolute atomic E-state index is 12.3. The van der Waals surface area contributed by atoms with E-state index < -0.39 is 21.6 Å². The van der Waals surface area contributed by atoms with Gasteiger partial charge in [-0.3, -0.25) is 0 Å². The van der Waals surface area contributed by atoms with E-state index in [9.17, 15) is 21.6 Å². The number of rotatable bonds is 2. The zero-order chi connectivity index (χ0) is 12.6. The van der Waals surface area contributed by atoms with Crippen LogP contribution in [0.4, 0.5) is 13.2 Å². The first-order valence-electron chi connectivity index (χ1n) is 4.13. The van der Waals surface area contributed by atoms with Crippen LogP contribution in [0, 0.1) is 0 Å². The lowest BCUT2D eigenvalue weighted by Gasteiger charge is -2.09. The van der Waals surface area contributed by atoms with Crippen molar-refractivity contribution in [2.24, 2.45) is 0 Å². The first-order valence-corrected chi connectivity index (χ1v) is 6.98. The summed E-state index contributed by atoms with van der Waals surface area (Å²) in [7, 11) is -3.26. The Bertz CT molecular complexity index is 494. The van der Waals surface area contributed by atoms with Gasteiger partial charge in [0, 0.05) is 10.7 Å². The van der Waals surface area contributed by atoms with Crippen LogP contribution in [-0.4, -0.2) is 14.7 Å². The van der Waals surface area contributed by atoms with E-state index in [1.165, 1.54) is 0 Å². The van der Waals surface area contributed by atoms with Gasteiger partial charge in [-0.05, 0) is 17.7 Å². The molecule has 0 saturated carbocycles. The third kappa shape index (κ3) is 3.79. The molecule has 0 fully saturated rings. The molecule has 0 saturated heterocycles. The number of halogens is 4. The molecule has 0 spiro atoms. The number of hydrogen-bond donors (Lipinski definition) is 0. The summed E-state index contributed by atoms with van der Waals surface area (Å²) in [5, 5.41) is 0. The van der Waals surface area contributed by atoms with Crippen LogP contribution < -0.4 is 0 Å². The fraction of sp³-hybridized carbons (Fsp3) is 0.333. The normalized spacial score (nSPS) is 12.8. The molecule has 0 atom stereocenters. The number of sulfone groups is 1. The summed E-state index contributed by atoms with van der Waals surface area (Å²) >= 11 is 2.93. The van der Waals surface area contributed by atoms with E-state index in [1.54, 1.807) is 0 Å². The largest absolute Gasteiger partial charge is 0.416 e. The van der Waals surface area contributed by atoms with Gasteiger partial charge < -0.3 is 0 Å². The summed E-state index contributed by atoms with van der Waals surface area (Å²) in [4.78, 5) is 0. The highest BCUT2D eigenvalue weighted by atomic mass is 79.9. The van der Waals surface area contributed by atoms with Gasteiger partial charge in [0.25, 0.3) is 0 Å². The molecule has 0 N–H and O–H groups in total. The topological polar surface area (TPSA) is 34.1 Å². The summed E-state index contributed by atoms with van der Waals surface area (Å²) in [6, 6.07) is 2.90. The van der Waals surface area contributed by atoms with Crippen molar-refractivity contribution < 1.29 is 21.6 Å². The van der Waals surface area contributed by atoms with Crippen LogP contribution in [0.15, 0.2) is 22.7 Å². The second-order valence-electron chi connectivity index (χ2n) is 3.37. The second kappa shape index (κ2) is 4.37. The quantitative estimate of drug-likeness (QED) is 0.840. The molecule has 1 rings (SSSR count). The van der Waals surface area contributed by atoms with Gasteiger partial charge in [0.2, 0.25) is 0 Å². The predicted molar refractivity (Wildman–Crippen MR) is 57.7 cm³/mol. The van der Waals surface area contributed by atoms with Crippen LogP contribution in [0.2, 0.25) is 0 Å². The van der Waals surface area contributed by atoms with E-state index in [0.29, 0.717) is 5.56 Å². The van der Waals surface area contributed by atoms with Crippen LogP contribution in [0.5, 0.6) is 0 Å². The summed E-state index contributed by atoms with van der Waals surface area (Å²) in [6.45, 7) is 0. The summed E-state index contributed by atoms with van der Waals surface area (Å²) in [6.07, 6.45) is -3.40. The molecule has 1 aromatic carbocycles. The van der Waals surface area contributed by atoms with Crippen molar-refractivity contribution >= 4 is 25.8 Å². The van der Waals surface area contributed by atoms with Crippen LogP contribution in [0.25, 0.3) is 0 Å². The van der Waals surface area contributed by atoms with Gasteiger partial charge in [0.15, 0.2) is 9.84 Å². The minimum atomic E-state index is -4.42. The molecule has 0 aliphatic rings. The van der Waals surface area contributed by atoms with E-state index in [0.717, 1.165) is 24.5 Å². The summed E-state index contributed by atoms with van der Waals surface area (Å²) in [5.74, 6) is -0.286. The Kier molecular flexibility index (Phi) is 3.69. The average molecular weight is 317 g/mol. The summed E-state index contributed by atoms with van der Waals surface area (Å²) in [5.41, 5.74) is -0.493. The molecule has 0 aliphatic carbocycles. The van der Waals surface area contributed by atoms with Crippen molar-refractivity contribution in [3.63, 3.8) is 0 Å². The predicted octanol–water partition coefficient (Wildman–Crippen LogP) is 3.01. The molecule has 16 heavy (non-hydrogen) atoms. The molecule has 0 aliphatic heterocycles. The van der Waals surface area contributed by atoms with Crippen molar-refractivity contribution in [2.45, 2.75) is 11.9 Å². The molecular formula is C9H8BrF3O2S. The Morgan fingerprint density at radius 3 is 2.25 bits per heavy atom. The first kappa shape index (κ1) is 13.5. The van der Waals surface area contributed by atoms with Crippen LogP contribution in [0.1, 0.15) is 11.1 Å². The molecule has 0 amide bonds. The number of benzene rings is 1. The lowest BCUT2D eigenvalue weighted by atomic mass is 10.1. The smallest absolute Gasteiger partial charge is 0.229 e. The zero-order valence-electron chi connectivity index (χ0n) is 8.18. The molecule has 2 nitrogen and oxygen atoms in total. The van der Waals surface area contributed by atoms with Gasteiger partial charge in [0.1, 0.15) is 0 Å². The Balaban J connectivity index is 3.11. The first-order chi connectivity index (χ1) is 7.09. The third-order valence-electron chi connectivity index (χ3n) is 1.80. The van der Waals surface area contributed by atoms with Crippen LogP contribution >= 0.6 is 15.9 Å². The van der Waals surface area contributed by atoms with E-state index in [4.69, 9.17) is 0 Å². The van der Waals surface area contributed by atoms with E-state index in [-0.39, 0.29) is 10.2 Å². The van der Waals surface area contributed by atoms with E-state index >= 15 is 0 Å². The Labute approximate surface area is 99.5 Å². The maximum atomic E-state index is 12.3. The highest BCUT2D eigenvalue weighted by Gasteiger charge is 2.30. The summed E-state index contributed by atoms with van der Waals surface area (Å²) < 4.78 is 59.0. The fourth-order valence-corrected chi connectivity index (χ4v) is 2.64. The van der Waals surface area contributed by atoms with Crippen molar-refractivity contribution in [3.05, 3.63) is 33.8 Å². The lowest BCUT2D eigenvalue weighted by Crippen LogP contribution is -2.06. The fourth-order valence-electron chi connectivity index (χ4n) is 1.12. The van der Waals surface area contributed by atoms with Crippen molar-refractivity contribution in [1.82, 2.24) is 0 Å². The zero-order valence-corrected chi connectivity index (χ0v) is 10.6. The molecule has 90 valence electrons. The Morgan fingerprint density at radius 2 is 1.88 bits per heavy atom. The van der Waals surface area contributed by atoms with Gasteiger partial charge in [-0.1, -0.05) is 22.0 Å². The monoisotopic (exact) mass is 316 g/mol. The SMILES string of the molecule is CS(=O)(=O)Cc1ccc(C(F)(F)F)cc1Br. The molecule has 0 aromatic heterocycles.